The molecule has 0 spiro atoms. The van der Waals surface area contributed by atoms with E-state index in [4.69, 9.17) is 4.74 Å². The number of ether oxygens (including phenoxy) is 1. The number of benzene rings is 1. The van der Waals surface area contributed by atoms with E-state index in [1.54, 1.807) is 7.11 Å². The number of hydrogen-bond acceptors (Lipinski definition) is 2. The molecule has 1 saturated carbocycles. The molecule has 90 valence electrons. The topological polar surface area (TPSA) is 33.0 Å². The minimum Gasteiger partial charge on any atom is -0.496 e. The van der Waals surface area contributed by atoms with Gasteiger partial charge in [0.2, 0.25) is 0 Å². The number of aryl methyl sites for hydroxylation is 1. The van der Waals surface area contributed by atoms with E-state index in [1.165, 1.54) is 17.5 Å². The molecule has 0 N–H and O–H groups in total. The maximum atomic E-state index is 9.25. The molecule has 1 aliphatic carbocycles. The van der Waals surface area contributed by atoms with Crippen LogP contribution in [0.4, 0.5) is 0 Å². The van der Waals surface area contributed by atoms with Crippen molar-refractivity contribution in [1.29, 1.82) is 5.26 Å². The van der Waals surface area contributed by atoms with Crippen LogP contribution >= 0.6 is 0 Å². The van der Waals surface area contributed by atoms with Gasteiger partial charge in [-0.15, -0.1) is 0 Å². The van der Waals surface area contributed by atoms with Gasteiger partial charge in [-0.25, -0.2) is 0 Å². The zero-order valence-corrected chi connectivity index (χ0v) is 10.6. The number of hydrogen-bond donors (Lipinski definition) is 0. The molecule has 1 fully saturated rings. The summed E-state index contributed by atoms with van der Waals surface area (Å²) < 4.78 is 5.32. The monoisotopic (exact) mass is 229 g/mol. The summed E-state index contributed by atoms with van der Waals surface area (Å²) in [5.74, 6) is 0.955. The fourth-order valence-electron chi connectivity index (χ4n) is 2.54. The van der Waals surface area contributed by atoms with Gasteiger partial charge in [0, 0.05) is 0 Å². The van der Waals surface area contributed by atoms with E-state index in [9.17, 15) is 5.26 Å². The summed E-state index contributed by atoms with van der Waals surface area (Å²) in [5, 5.41) is 9.25. The third-order valence-corrected chi connectivity index (χ3v) is 3.82. The van der Waals surface area contributed by atoms with Crippen molar-refractivity contribution < 1.29 is 4.74 Å². The number of nitriles is 1. The molecule has 2 rings (SSSR count). The molecule has 0 unspecified atom stereocenters. The van der Waals surface area contributed by atoms with Gasteiger partial charge in [0.15, 0.2) is 0 Å². The molecule has 0 heterocycles. The van der Waals surface area contributed by atoms with Crippen LogP contribution in [-0.4, -0.2) is 7.11 Å². The largest absolute Gasteiger partial charge is 0.496 e. The third kappa shape index (κ3) is 2.29. The molecular weight excluding hydrogens is 210 g/mol. The highest BCUT2D eigenvalue weighted by Crippen LogP contribution is 2.43. The molecule has 0 aliphatic heterocycles. The van der Waals surface area contributed by atoms with Crippen molar-refractivity contribution in [2.45, 2.75) is 39.0 Å². The minimum absolute atomic E-state index is 0.0837. The van der Waals surface area contributed by atoms with Crippen molar-refractivity contribution in [1.82, 2.24) is 0 Å². The maximum Gasteiger partial charge on any atom is 0.122 e. The van der Waals surface area contributed by atoms with Gasteiger partial charge in [-0.3, -0.25) is 0 Å². The quantitative estimate of drug-likeness (QED) is 0.791. The first-order valence-corrected chi connectivity index (χ1v) is 6.30. The van der Waals surface area contributed by atoms with Gasteiger partial charge in [-0.05, 0) is 42.9 Å². The normalized spacial score (nSPS) is 17.0. The van der Waals surface area contributed by atoms with Crippen LogP contribution < -0.4 is 4.74 Å². The summed E-state index contributed by atoms with van der Waals surface area (Å²) in [5.41, 5.74) is 2.42. The van der Waals surface area contributed by atoms with Crippen molar-refractivity contribution in [3.63, 3.8) is 0 Å². The van der Waals surface area contributed by atoms with Crippen LogP contribution in [0.25, 0.3) is 0 Å². The van der Waals surface area contributed by atoms with Gasteiger partial charge in [0.25, 0.3) is 0 Å². The fourth-order valence-corrected chi connectivity index (χ4v) is 2.54. The molecule has 17 heavy (non-hydrogen) atoms. The molecule has 2 nitrogen and oxygen atoms in total. The van der Waals surface area contributed by atoms with Crippen LogP contribution in [0.2, 0.25) is 0 Å². The minimum atomic E-state index is -0.0837. The lowest BCUT2D eigenvalue weighted by molar-refractivity contribution is 0.214. The Morgan fingerprint density at radius 2 is 2.18 bits per heavy atom. The Balaban J connectivity index is 2.20. The van der Waals surface area contributed by atoms with Gasteiger partial charge in [0.1, 0.15) is 5.75 Å². The van der Waals surface area contributed by atoms with Crippen LogP contribution in [0, 0.1) is 16.7 Å². The van der Waals surface area contributed by atoms with E-state index in [1.807, 2.05) is 6.07 Å². The molecule has 0 radical (unpaired) electrons. The van der Waals surface area contributed by atoms with Crippen molar-refractivity contribution in [2.24, 2.45) is 5.41 Å². The SMILES string of the molecule is CCc1cc(CC2(C#N)CCC2)ccc1OC. The van der Waals surface area contributed by atoms with Gasteiger partial charge in [-0.1, -0.05) is 25.5 Å². The van der Waals surface area contributed by atoms with Crippen LogP contribution in [-0.2, 0) is 12.8 Å². The molecule has 0 aromatic heterocycles. The number of nitrogens with zero attached hydrogens (tertiary/aromatic N) is 1. The number of methoxy groups -OCH3 is 1. The van der Waals surface area contributed by atoms with E-state index in [0.29, 0.717) is 0 Å². The highest BCUT2D eigenvalue weighted by atomic mass is 16.5. The average Bonchev–Trinajstić information content (AvgIpc) is 2.33. The Hall–Kier alpha value is -1.49. The molecule has 2 heteroatoms. The molecule has 1 aliphatic rings. The fraction of sp³-hybridized carbons (Fsp3) is 0.533. The van der Waals surface area contributed by atoms with E-state index in [-0.39, 0.29) is 5.41 Å². The second-order valence-corrected chi connectivity index (χ2v) is 4.92. The van der Waals surface area contributed by atoms with E-state index < -0.39 is 0 Å². The third-order valence-electron chi connectivity index (χ3n) is 3.82. The Kier molecular flexibility index (Phi) is 3.38. The summed E-state index contributed by atoms with van der Waals surface area (Å²) in [6, 6.07) is 8.81. The van der Waals surface area contributed by atoms with E-state index in [2.05, 4.69) is 25.1 Å². The lowest BCUT2D eigenvalue weighted by Gasteiger charge is -2.35. The zero-order chi connectivity index (χ0) is 12.3. The molecule has 0 saturated heterocycles. The highest BCUT2D eigenvalue weighted by molar-refractivity contribution is 5.38. The molecule has 0 bridgehead atoms. The standard InChI is InChI=1S/C15H19NO/c1-3-13-9-12(5-6-14(13)17-2)10-15(11-16)7-4-8-15/h5-6,9H,3-4,7-8,10H2,1-2H3. The van der Waals surface area contributed by atoms with Crippen molar-refractivity contribution >= 4 is 0 Å². The average molecular weight is 229 g/mol. The van der Waals surface area contributed by atoms with Crippen molar-refractivity contribution in [2.75, 3.05) is 7.11 Å². The van der Waals surface area contributed by atoms with Gasteiger partial charge in [0.05, 0.1) is 18.6 Å². The number of rotatable bonds is 4. The maximum absolute atomic E-state index is 9.25. The van der Waals surface area contributed by atoms with Crippen LogP contribution in [0.1, 0.15) is 37.3 Å². The Labute approximate surface area is 103 Å². The van der Waals surface area contributed by atoms with E-state index in [0.717, 1.165) is 31.4 Å². The summed E-state index contributed by atoms with van der Waals surface area (Å²) >= 11 is 0. The van der Waals surface area contributed by atoms with Gasteiger partial charge < -0.3 is 4.74 Å². The molecular formula is C15H19NO. The smallest absolute Gasteiger partial charge is 0.122 e. The predicted octanol–water partition coefficient (Wildman–Crippen LogP) is 3.49. The Bertz CT molecular complexity index is 441. The molecule has 0 atom stereocenters. The summed E-state index contributed by atoms with van der Waals surface area (Å²) in [4.78, 5) is 0. The van der Waals surface area contributed by atoms with Crippen LogP contribution in [0.15, 0.2) is 18.2 Å². The summed E-state index contributed by atoms with van der Waals surface area (Å²) in [6.07, 6.45) is 5.16. The van der Waals surface area contributed by atoms with Gasteiger partial charge in [-0.2, -0.15) is 5.26 Å². The molecule has 1 aromatic rings. The van der Waals surface area contributed by atoms with Crippen LogP contribution in [0.3, 0.4) is 0 Å². The second-order valence-electron chi connectivity index (χ2n) is 4.92. The zero-order valence-electron chi connectivity index (χ0n) is 10.6. The summed E-state index contributed by atoms with van der Waals surface area (Å²) in [6.45, 7) is 2.13. The first-order valence-electron chi connectivity index (χ1n) is 6.30. The summed E-state index contributed by atoms with van der Waals surface area (Å²) in [7, 11) is 1.71. The molecule has 0 amide bonds. The predicted molar refractivity (Wildman–Crippen MR) is 68.0 cm³/mol. The lowest BCUT2D eigenvalue weighted by atomic mass is 9.66. The first kappa shape index (κ1) is 12.0. The van der Waals surface area contributed by atoms with Crippen molar-refractivity contribution in [3.05, 3.63) is 29.3 Å². The Morgan fingerprint density at radius 1 is 1.41 bits per heavy atom. The van der Waals surface area contributed by atoms with E-state index >= 15 is 0 Å². The van der Waals surface area contributed by atoms with Crippen molar-refractivity contribution in [3.8, 4) is 11.8 Å². The first-order chi connectivity index (χ1) is 8.23. The second kappa shape index (κ2) is 4.79. The molecule has 1 aromatic carbocycles. The highest BCUT2D eigenvalue weighted by Gasteiger charge is 2.37. The van der Waals surface area contributed by atoms with Crippen LogP contribution in [0.5, 0.6) is 5.75 Å². The van der Waals surface area contributed by atoms with Gasteiger partial charge >= 0.3 is 0 Å². The Morgan fingerprint density at radius 3 is 2.65 bits per heavy atom. The lowest BCUT2D eigenvalue weighted by Crippen LogP contribution is -2.29.